The fourth-order valence-electron chi connectivity index (χ4n) is 9.80. The summed E-state index contributed by atoms with van der Waals surface area (Å²) < 4.78 is 6.40. The highest BCUT2D eigenvalue weighted by Crippen LogP contribution is 2.68. The Labute approximate surface area is 211 Å². The first kappa shape index (κ1) is 26.5. The Morgan fingerprint density at radius 2 is 1.65 bits per heavy atom. The average molecular weight is 473 g/mol. The lowest BCUT2D eigenvalue weighted by molar-refractivity contribution is -0.198. The SMILES string of the molecule is CC(C)CCC[C@H](C)[C@@H]1CC[C@H]2[C@H]3CC[C@H]4CCCC(OC(=O)C(C)(C)C)[C@]4(C)[C@H]3CC[C@@]21C. The fraction of sp³-hybridized carbons (Fsp3) is 0.969. The van der Waals surface area contributed by atoms with Gasteiger partial charge in [-0.15, -0.1) is 0 Å². The van der Waals surface area contributed by atoms with Crippen LogP contribution in [-0.2, 0) is 9.53 Å². The van der Waals surface area contributed by atoms with Crippen LogP contribution in [0.5, 0.6) is 0 Å². The summed E-state index contributed by atoms with van der Waals surface area (Å²) in [6, 6.07) is 0. The molecular weight excluding hydrogens is 416 g/mol. The van der Waals surface area contributed by atoms with Crippen molar-refractivity contribution in [1.82, 2.24) is 0 Å². The highest BCUT2D eigenvalue weighted by Gasteiger charge is 2.62. The molecule has 0 N–H and O–H groups in total. The van der Waals surface area contributed by atoms with Crippen LogP contribution >= 0.6 is 0 Å². The first-order chi connectivity index (χ1) is 15.9. The standard InChI is InChI=1S/C32H56O2/c1-21(2)11-9-12-22(3)25-17-18-26-24-16-15-23-13-10-14-28(34-29(33)30(4,5)6)32(23,8)27(24)19-20-31(25,26)7/h21-28H,9-20H2,1-8H3/t22-,23+,24+,25-,26-,27-,28?,31+,32-/m0/s1. The minimum Gasteiger partial charge on any atom is -0.461 e. The lowest BCUT2D eigenvalue weighted by atomic mass is 9.44. The number of ether oxygens (including phenoxy) is 1. The normalized spacial score (nSPS) is 43.1. The molecule has 0 heterocycles. The number of rotatable bonds is 6. The first-order valence-corrected chi connectivity index (χ1v) is 15.1. The quantitative estimate of drug-likeness (QED) is 0.360. The molecule has 0 aromatic rings. The van der Waals surface area contributed by atoms with E-state index in [0.29, 0.717) is 5.41 Å². The van der Waals surface area contributed by atoms with Crippen molar-refractivity contribution in [2.24, 2.45) is 57.7 Å². The summed E-state index contributed by atoms with van der Waals surface area (Å²) in [4.78, 5) is 13.0. The molecule has 0 saturated heterocycles. The number of esters is 1. The molecule has 4 aliphatic carbocycles. The minimum absolute atomic E-state index is 0.0123. The minimum atomic E-state index is -0.410. The Balaban J connectivity index is 1.52. The van der Waals surface area contributed by atoms with Gasteiger partial charge in [-0.2, -0.15) is 0 Å². The van der Waals surface area contributed by atoms with Crippen molar-refractivity contribution >= 4 is 5.97 Å². The van der Waals surface area contributed by atoms with Crippen molar-refractivity contribution < 1.29 is 9.53 Å². The molecule has 2 heteroatoms. The molecular formula is C32H56O2. The largest absolute Gasteiger partial charge is 0.461 e. The molecule has 196 valence electrons. The monoisotopic (exact) mass is 472 g/mol. The number of fused-ring (bicyclic) bond motifs is 5. The van der Waals surface area contributed by atoms with Gasteiger partial charge in [0.2, 0.25) is 0 Å². The predicted octanol–water partition coefficient (Wildman–Crippen LogP) is 9.07. The van der Waals surface area contributed by atoms with E-state index in [1.54, 1.807) is 0 Å². The van der Waals surface area contributed by atoms with E-state index < -0.39 is 5.41 Å². The molecule has 0 aromatic carbocycles. The predicted molar refractivity (Wildman–Crippen MR) is 142 cm³/mol. The number of carbonyl (C=O) groups is 1. The second-order valence-electron chi connectivity index (χ2n) is 15.1. The summed E-state index contributed by atoms with van der Waals surface area (Å²) in [5.41, 5.74) is 0.311. The fourth-order valence-corrected chi connectivity index (χ4v) is 9.80. The Morgan fingerprint density at radius 1 is 0.912 bits per heavy atom. The van der Waals surface area contributed by atoms with Crippen LogP contribution in [0.15, 0.2) is 0 Å². The molecule has 4 aliphatic rings. The zero-order chi connectivity index (χ0) is 24.9. The molecule has 0 aromatic heterocycles. The van der Waals surface area contributed by atoms with Gasteiger partial charge in [-0.05, 0) is 125 Å². The topological polar surface area (TPSA) is 26.3 Å². The van der Waals surface area contributed by atoms with Crippen molar-refractivity contribution in [3.8, 4) is 0 Å². The van der Waals surface area contributed by atoms with Gasteiger partial charge in [-0.25, -0.2) is 0 Å². The van der Waals surface area contributed by atoms with E-state index in [1.165, 1.54) is 70.6 Å². The van der Waals surface area contributed by atoms with Gasteiger partial charge >= 0.3 is 5.97 Å². The summed E-state index contributed by atoms with van der Waals surface area (Å²) in [6.45, 7) is 18.6. The van der Waals surface area contributed by atoms with Crippen LogP contribution < -0.4 is 0 Å². The molecule has 4 rings (SSSR count). The molecule has 0 amide bonds. The molecule has 4 saturated carbocycles. The summed E-state index contributed by atoms with van der Waals surface area (Å²) in [6.07, 6.45) is 16.5. The third kappa shape index (κ3) is 4.63. The van der Waals surface area contributed by atoms with Crippen LogP contribution in [0.4, 0.5) is 0 Å². The zero-order valence-corrected chi connectivity index (χ0v) is 23.9. The van der Waals surface area contributed by atoms with Gasteiger partial charge < -0.3 is 4.74 Å². The summed E-state index contributed by atoms with van der Waals surface area (Å²) in [5, 5.41) is 0. The Bertz CT molecular complexity index is 719. The van der Waals surface area contributed by atoms with Crippen molar-refractivity contribution in [2.75, 3.05) is 0 Å². The molecule has 0 bridgehead atoms. The van der Waals surface area contributed by atoms with E-state index >= 15 is 0 Å². The van der Waals surface area contributed by atoms with Crippen molar-refractivity contribution in [3.05, 3.63) is 0 Å². The maximum Gasteiger partial charge on any atom is 0.311 e. The third-order valence-corrected chi connectivity index (χ3v) is 11.7. The summed E-state index contributed by atoms with van der Waals surface area (Å²) in [7, 11) is 0. The van der Waals surface area contributed by atoms with E-state index in [2.05, 4.69) is 34.6 Å². The van der Waals surface area contributed by atoms with Crippen LogP contribution in [0.1, 0.15) is 132 Å². The number of hydrogen-bond acceptors (Lipinski definition) is 2. The molecule has 0 aliphatic heterocycles. The van der Waals surface area contributed by atoms with Gasteiger partial charge in [0, 0.05) is 5.41 Å². The van der Waals surface area contributed by atoms with Crippen LogP contribution in [0.25, 0.3) is 0 Å². The van der Waals surface area contributed by atoms with Crippen LogP contribution in [-0.4, -0.2) is 12.1 Å². The molecule has 4 fully saturated rings. The first-order valence-electron chi connectivity index (χ1n) is 15.1. The second-order valence-corrected chi connectivity index (χ2v) is 15.1. The van der Waals surface area contributed by atoms with Gasteiger partial charge in [0.05, 0.1) is 5.41 Å². The smallest absolute Gasteiger partial charge is 0.311 e. The van der Waals surface area contributed by atoms with Crippen molar-refractivity contribution in [2.45, 2.75) is 139 Å². The lowest BCUT2D eigenvalue weighted by Gasteiger charge is -2.62. The third-order valence-electron chi connectivity index (χ3n) is 11.7. The average Bonchev–Trinajstić information content (AvgIpc) is 3.10. The van der Waals surface area contributed by atoms with Gasteiger partial charge in [0.15, 0.2) is 0 Å². The molecule has 2 nitrogen and oxygen atoms in total. The molecule has 9 atom stereocenters. The molecule has 0 radical (unpaired) electrons. The molecule has 1 unspecified atom stereocenters. The van der Waals surface area contributed by atoms with Gasteiger partial charge in [-0.3, -0.25) is 4.79 Å². The van der Waals surface area contributed by atoms with E-state index in [9.17, 15) is 4.79 Å². The second kappa shape index (κ2) is 9.74. The Hall–Kier alpha value is -0.530. The van der Waals surface area contributed by atoms with Gasteiger partial charge in [-0.1, -0.05) is 53.9 Å². The zero-order valence-electron chi connectivity index (χ0n) is 23.9. The van der Waals surface area contributed by atoms with E-state index in [0.717, 1.165) is 47.8 Å². The molecule has 0 spiro atoms. The Morgan fingerprint density at radius 3 is 2.32 bits per heavy atom. The van der Waals surface area contributed by atoms with Crippen LogP contribution in [0, 0.1) is 57.7 Å². The highest BCUT2D eigenvalue weighted by molar-refractivity contribution is 5.75. The lowest BCUT2D eigenvalue weighted by Crippen LogP contribution is -2.58. The Kier molecular flexibility index (Phi) is 7.60. The maximum absolute atomic E-state index is 13.0. The van der Waals surface area contributed by atoms with E-state index in [-0.39, 0.29) is 17.5 Å². The molecule has 34 heavy (non-hydrogen) atoms. The van der Waals surface area contributed by atoms with Gasteiger partial charge in [0.1, 0.15) is 6.10 Å². The summed E-state index contributed by atoms with van der Waals surface area (Å²) in [5.74, 6) is 5.86. The van der Waals surface area contributed by atoms with Crippen LogP contribution in [0.3, 0.4) is 0 Å². The van der Waals surface area contributed by atoms with E-state index in [1.807, 2.05) is 20.8 Å². The van der Waals surface area contributed by atoms with Crippen molar-refractivity contribution in [3.63, 3.8) is 0 Å². The maximum atomic E-state index is 13.0. The number of hydrogen-bond donors (Lipinski definition) is 0. The number of carbonyl (C=O) groups excluding carboxylic acids is 1. The van der Waals surface area contributed by atoms with Crippen molar-refractivity contribution in [1.29, 1.82) is 0 Å². The van der Waals surface area contributed by atoms with E-state index in [4.69, 9.17) is 4.74 Å². The summed E-state index contributed by atoms with van der Waals surface area (Å²) >= 11 is 0. The highest BCUT2D eigenvalue weighted by atomic mass is 16.5. The van der Waals surface area contributed by atoms with Crippen LogP contribution in [0.2, 0.25) is 0 Å². The van der Waals surface area contributed by atoms with Gasteiger partial charge in [0.25, 0.3) is 0 Å².